The summed E-state index contributed by atoms with van der Waals surface area (Å²) in [4.78, 5) is 0. The average Bonchev–Trinajstić information content (AvgIpc) is 2.61. The topological polar surface area (TPSA) is 50.8 Å². The molecule has 1 aliphatic carbocycles. The van der Waals surface area contributed by atoms with Gasteiger partial charge in [0.05, 0.1) is 11.8 Å². The molecule has 1 atom stereocenters. The molecule has 0 bridgehead atoms. The molecule has 0 radical (unpaired) electrons. The van der Waals surface area contributed by atoms with Gasteiger partial charge in [-0.25, -0.2) is 8.42 Å². The zero-order chi connectivity index (χ0) is 7.90. The van der Waals surface area contributed by atoms with Gasteiger partial charge in [-0.3, -0.25) is 0 Å². The van der Waals surface area contributed by atoms with Crippen molar-refractivity contribution in [2.45, 2.75) is 31.3 Å². The average molecular weight is 176 g/mol. The Kier molecular flexibility index (Phi) is 1.68. The molecule has 0 aromatic heterocycles. The summed E-state index contributed by atoms with van der Waals surface area (Å²) >= 11 is 0. The minimum atomic E-state index is -2.64. The van der Waals surface area contributed by atoms with E-state index in [1.807, 2.05) is 0 Å². The molecule has 0 unspecified atom stereocenters. The van der Waals surface area contributed by atoms with E-state index in [1.165, 1.54) is 12.8 Å². The Morgan fingerprint density at radius 2 is 1.82 bits per heavy atom. The number of hydrogen-bond donors (Lipinski definition) is 1. The number of quaternary nitrogens is 1. The molecule has 2 rings (SSSR count). The Balaban J connectivity index is 1.88. The van der Waals surface area contributed by atoms with Gasteiger partial charge in [-0.05, 0) is 0 Å². The Morgan fingerprint density at radius 1 is 1.09 bits per heavy atom. The molecule has 0 spiro atoms. The maximum atomic E-state index is 11.0. The first-order valence-corrected chi connectivity index (χ1v) is 6.03. The SMILES string of the molecule is O=S1(=O)CC[C@H]([NH2+]C2CC2)C1. The molecule has 0 aromatic carbocycles. The molecule has 1 heterocycles. The smallest absolute Gasteiger partial charge is 0.156 e. The second kappa shape index (κ2) is 2.45. The van der Waals surface area contributed by atoms with Crippen LogP contribution in [-0.4, -0.2) is 32.0 Å². The van der Waals surface area contributed by atoms with Gasteiger partial charge in [-0.2, -0.15) is 0 Å². The van der Waals surface area contributed by atoms with E-state index >= 15 is 0 Å². The zero-order valence-corrected chi connectivity index (χ0v) is 7.31. The van der Waals surface area contributed by atoms with Crippen LogP contribution < -0.4 is 5.32 Å². The van der Waals surface area contributed by atoms with Crippen LogP contribution in [0.4, 0.5) is 0 Å². The fourth-order valence-corrected chi connectivity index (χ4v) is 3.41. The standard InChI is InChI=1S/C7H13NO2S/c9-11(10)4-3-7(5-11)8-6-1-2-6/h6-8H,1-5H2/p+1/t7-/m0/s1. The van der Waals surface area contributed by atoms with Crippen LogP contribution in [0.25, 0.3) is 0 Å². The van der Waals surface area contributed by atoms with E-state index < -0.39 is 9.84 Å². The van der Waals surface area contributed by atoms with Crippen molar-refractivity contribution in [2.24, 2.45) is 0 Å². The first-order valence-electron chi connectivity index (χ1n) is 4.21. The molecular weight excluding hydrogens is 162 g/mol. The highest BCUT2D eigenvalue weighted by Gasteiger charge is 2.35. The highest BCUT2D eigenvalue weighted by molar-refractivity contribution is 7.91. The molecule has 1 saturated heterocycles. The molecule has 2 N–H and O–H groups in total. The summed E-state index contributed by atoms with van der Waals surface area (Å²) in [7, 11) is -2.64. The molecule has 4 heteroatoms. The summed E-state index contributed by atoms with van der Waals surface area (Å²) in [6.45, 7) is 0. The molecule has 1 saturated carbocycles. The van der Waals surface area contributed by atoms with Crippen molar-refractivity contribution in [3.63, 3.8) is 0 Å². The summed E-state index contributed by atoms with van der Waals surface area (Å²) in [5.74, 6) is 0.838. The number of hydrogen-bond acceptors (Lipinski definition) is 2. The highest BCUT2D eigenvalue weighted by Crippen LogP contribution is 2.16. The van der Waals surface area contributed by atoms with Crippen LogP contribution in [0, 0.1) is 0 Å². The molecule has 3 nitrogen and oxygen atoms in total. The maximum Gasteiger partial charge on any atom is 0.156 e. The molecule has 0 aromatic rings. The van der Waals surface area contributed by atoms with Gasteiger partial charge in [0.15, 0.2) is 9.84 Å². The number of sulfone groups is 1. The van der Waals surface area contributed by atoms with Gasteiger partial charge in [-0.1, -0.05) is 0 Å². The van der Waals surface area contributed by atoms with Crippen LogP contribution in [-0.2, 0) is 9.84 Å². The maximum absolute atomic E-state index is 11.0. The lowest BCUT2D eigenvalue weighted by molar-refractivity contribution is -0.697. The monoisotopic (exact) mass is 176 g/mol. The van der Waals surface area contributed by atoms with Gasteiger partial charge >= 0.3 is 0 Å². The van der Waals surface area contributed by atoms with Crippen molar-refractivity contribution < 1.29 is 13.7 Å². The summed E-state index contributed by atoms with van der Waals surface area (Å²) in [5, 5.41) is 2.25. The van der Waals surface area contributed by atoms with Gasteiger partial charge in [0.2, 0.25) is 0 Å². The van der Waals surface area contributed by atoms with Crippen molar-refractivity contribution in [1.29, 1.82) is 0 Å². The predicted octanol–water partition coefficient (Wildman–Crippen LogP) is -1.10. The summed E-state index contributed by atoms with van der Waals surface area (Å²) in [6, 6.07) is 1.14. The van der Waals surface area contributed by atoms with Crippen LogP contribution in [0.2, 0.25) is 0 Å². The first kappa shape index (κ1) is 7.55. The van der Waals surface area contributed by atoms with Crippen molar-refractivity contribution in [1.82, 2.24) is 0 Å². The van der Waals surface area contributed by atoms with Crippen LogP contribution in [0.1, 0.15) is 19.3 Å². The third-order valence-electron chi connectivity index (χ3n) is 2.43. The summed E-state index contributed by atoms with van der Waals surface area (Å²) < 4.78 is 22.0. The molecule has 64 valence electrons. The Bertz CT molecular complexity index is 243. The van der Waals surface area contributed by atoms with E-state index in [1.54, 1.807) is 0 Å². The van der Waals surface area contributed by atoms with Gasteiger partial charge in [0.1, 0.15) is 11.8 Å². The number of rotatable bonds is 2. The lowest BCUT2D eigenvalue weighted by atomic mass is 10.2. The van der Waals surface area contributed by atoms with Crippen molar-refractivity contribution in [3.05, 3.63) is 0 Å². The first-order chi connectivity index (χ1) is 5.16. The van der Waals surface area contributed by atoms with Crippen LogP contribution in [0.15, 0.2) is 0 Å². The number of nitrogens with two attached hydrogens (primary N) is 1. The van der Waals surface area contributed by atoms with Crippen LogP contribution in [0.3, 0.4) is 0 Å². The van der Waals surface area contributed by atoms with E-state index in [4.69, 9.17) is 0 Å². The second-order valence-corrected chi connectivity index (χ2v) is 5.92. The quantitative estimate of drug-likeness (QED) is 0.580. The lowest BCUT2D eigenvalue weighted by Crippen LogP contribution is -2.92. The zero-order valence-electron chi connectivity index (χ0n) is 6.49. The fourth-order valence-electron chi connectivity index (χ4n) is 1.65. The van der Waals surface area contributed by atoms with Gasteiger partial charge in [0.25, 0.3) is 0 Å². The highest BCUT2D eigenvalue weighted by atomic mass is 32.2. The largest absolute Gasteiger partial charge is 0.341 e. The van der Waals surface area contributed by atoms with E-state index in [2.05, 4.69) is 5.32 Å². The van der Waals surface area contributed by atoms with Crippen molar-refractivity contribution >= 4 is 9.84 Å². The molecular formula is C7H14NO2S+. The van der Waals surface area contributed by atoms with Crippen molar-refractivity contribution in [3.8, 4) is 0 Å². The molecule has 2 aliphatic rings. The summed E-state index contributed by atoms with van der Waals surface area (Å²) in [5.41, 5.74) is 0. The fraction of sp³-hybridized carbons (Fsp3) is 1.00. The van der Waals surface area contributed by atoms with E-state index in [0.717, 1.165) is 12.5 Å². The van der Waals surface area contributed by atoms with Crippen LogP contribution in [0.5, 0.6) is 0 Å². The predicted molar refractivity (Wildman–Crippen MR) is 42.0 cm³/mol. The van der Waals surface area contributed by atoms with Gasteiger partial charge in [-0.15, -0.1) is 0 Å². The van der Waals surface area contributed by atoms with E-state index in [9.17, 15) is 8.42 Å². The summed E-state index contributed by atoms with van der Waals surface area (Å²) in [6.07, 6.45) is 3.45. The molecule has 1 aliphatic heterocycles. The third-order valence-corrected chi connectivity index (χ3v) is 4.23. The van der Waals surface area contributed by atoms with E-state index in [-0.39, 0.29) is 0 Å². The minimum Gasteiger partial charge on any atom is -0.341 e. The Labute approximate surface area is 67.1 Å². The Morgan fingerprint density at radius 3 is 2.27 bits per heavy atom. The molecule has 11 heavy (non-hydrogen) atoms. The van der Waals surface area contributed by atoms with E-state index in [0.29, 0.717) is 17.5 Å². The third kappa shape index (κ3) is 1.93. The normalized spacial score (nSPS) is 35.8. The molecule has 0 amide bonds. The van der Waals surface area contributed by atoms with Gasteiger partial charge in [0, 0.05) is 19.3 Å². The Hall–Kier alpha value is -0.0900. The van der Waals surface area contributed by atoms with Gasteiger partial charge < -0.3 is 5.32 Å². The second-order valence-electron chi connectivity index (χ2n) is 3.69. The minimum absolute atomic E-state index is 0.382. The molecule has 2 fully saturated rings. The lowest BCUT2D eigenvalue weighted by Gasteiger charge is -2.04. The van der Waals surface area contributed by atoms with Crippen molar-refractivity contribution in [2.75, 3.05) is 11.5 Å². The van der Waals surface area contributed by atoms with Crippen LogP contribution >= 0.6 is 0 Å².